The van der Waals surface area contributed by atoms with Gasteiger partial charge in [0.1, 0.15) is 0 Å². The summed E-state index contributed by atoms with van der Waals surface area (Å²) in [4.78, 5) is 0. The lowest BCUT2D eigenvalue weighted by Crippen LogP contribution is -2.17. The van der Waals surface area contributed by atoms with Crippen LogP contribution in [0.1, 0.15) is 27.2 Å². The molecule has 15 heavy (non-hydrogen) atoms. The maximum atomic E-state index is 9.60. The van der Waals surface area contributed by atoms with Crippen LogP contribution in [-0.2, 0) is 0 Å². The Morgan fingerprint density at radius 3 is 2.53 bits per heavy atom. The maximum absolute atomic E-state index is 9.60. The molecule has 0 aromatic heterocycles. The van der Waals surface area contributed by atoms with Crippen molar-refractivity contribution in [3.63, 3.8) is 0 Å². The molecule has 0 aliphatic heterocycles. The summed E-state index contributed by atoms with van der Waals surface area (Å²) in [7, 11) is 0. The standard InChI is InChI=1S/C13H22O2/c1-4-5-6-7-11(2)10-12(3)13(15)8-9-14/h4-7,10,12-15H,8-9H2,1-3H3/b5-4+,7-6+,11-10+/t12-,13-/m0/s1. The molecular formula is C13H22O2. The van der Waals surface area contributed by atoms with Gasteiger partial charge < -0.3 is 10.2 Å². The largest absolute Gasteiger partial charge is 0.396 e. The first-order chi connectivity index (χ1) is 7.11. The van der Waals surface area contributed by atoms with Crippen LogP contribution in [0.4, 0.5) is 0 Å². The van der Waals surface area contributed by atoms with Crippen molar-refractivity contribution in [2.75, 3.05) is 6.61 Å². The van der Waals surface area contributed by atoms with Crippen molar-refractivity contribution in [2.45, 2.75) is 33.3 Å². The molecule has 0 saturated carbocycles. The molecule has 0 spiro atoms. The number of hydrogen-bond donors (Lipinski definition) is 2. The molecule has 0 bridgehead atoms. The van der Waals surface area contributed by atoms with Gasteiger partial charge in [0.15, 0.2) is 0 Å². The SMILES string of the molecule is C/C=C/C=C/C(C)=C/[C@H](C)[C@@H](O)CCO. The minimum atomic E-state index is -0.458. The predicted molar refractivity (Wildman–Crippen MR) is 64.6 cm³/mol. The van der Waals surface area contributed by atoms with E-state index in [1.54, 1.807) is 0 Å². The molecule has 0 rings (SSSR count). The lowest BCUT2D eigenvalue weighted by Gasteiger charge is -2.14. The van der Waals surface area contributed by atoms with Crippen molar-refractivity contribution in [1.82, 2.24) is 0 Å². The van der Waals surface area contributed by atoms with Crippen LogP contribution in [0.25, 0.3) is 0 Å². The predicted octanol–water partition coefficient (Wildman–Crippen LogP) is 2.44. The molecule has 0 unspecified atom stereocenters. The summed E-state index contributed by atoms with van der Waals surface area (Å²) < 4.78 is 0. The molecule has 0 aromatic carbocycles. The Morgan fingerprint density at radius 1 is 1.33 bits per heavy atom. The summed E-state index contributed by atoms with van der Waals surface area (Å²) in [6.07, 6.45) is 9.89. The van der Waals surface area contributed by atoms with Gasteiger partial charge in [-0.25, -0.2) is 0 Å². The topological polar surface area (TPSA) is 40.5 Å². The quantitative estimate of drug-likeness (QED) is 0.661. The van der Waals surface area contributed by atoms with E-state index in [9.17, 15) is 5.11 Å². The molecular weight excluding hydrogens is 188 g/mol. The van der Waals surface area contributed by atoms with E-state index in [2.05, 4.69) is 0 Å². The minimum Gasteiger partial charge on any atom is -0.396 e. The van der Waals surface area contributed by atoms with Crippen molar-refractivity contribution in [2.24, 2.45) is 5.92 Å². The summed E-state index contributed by atoms with van der Waals surface area (Å²) in [6, 6.07) is 0. The summed E-state index contributed by atoms with van der Waals surface area (Å²) in [6.45, 7) is 5.96. The Labute approximate surface area is 92.6 Å². The third kappa shape index (κ3) is 7.11. The molecule has 2 N–H and O–H groups in total. The van der Waals surface area contributed by atoms with E-state index in [0.717, 1.165) is 5.57 Å². The van der Waals surface area contributed by atoms with E-state index in [0.29, 0.717) is 6.42 Å². The second-order valence-corrected chi connectivity index (χ2v) is 3.73. The zero-order chi connectivity index (χ0) is 11.7. The van der Waals surface area contributed by atoms with Gasteiger partial charge in [-0.05, 0) is 20.3 Å². The van der Waals surface area contributed by atoms with Crippen molar-refractivity contribution >= 4 is 0 Å². The van der Waals surface area contributed by atoms with Gasteiger partial charge in [-0.1, -0.05) is 42.9 Å². The van der Waals surface area contributed by atoms with Gasteiger partial charge in [0.05, 0.1) is 6.10 Å². The highest BCUT2D eigenvalue weighted by Crippen LogP contribution is 2.11. The normalized spacial score (nSPS) is 17.5. The Balaban J connectivity index is 4.21. The van der Waals surface area contributed by atoms with Crippen LogP contribution in [0.15, 0.2) is 36.0 Å². The first-order valence-corrected chi connectivity index (χ1v) is 5.38. The van der Waals surface area contributed by atoms with E-state index >= 15 is 0 Å². The zero-order valence-electron chi connectivity index (χ0n) is 9.85. The van der Waals surface area contributed by atoms with Gasteiger partial charge in [-0.2, -0.15) is 0 Å². The molecule has 0 radical (unpaired) electrons. The molecule has 0 aliphatic rings. The Morgan fingerprint density at radius 2 is 2.00 bits per heavy atom. The molecule has 0 saturated heterocycles. The van der Waals surface area contributed by atoms with E-state index in [4.69, 9.17) is 5.11 Å². The highest BCUT2D eigenvalue weighted by molar-refractivity contribution is 5.20. The highest BCUT2D eigenvalue weighted by Gasteiger charge is 2.10. The molecule has 0 heterocycles. The smallest absolute Gasteiger partial charge is 0.0622 e. The van der Waals surface area contributed by atoms with E-state index in [1.807, 2.05) is 51.2 Å². The molecule has 0 aromatic rings. The third-order valence-corrected chi connectivity index (χ3v) is 2.22. The Hall–Kier alpha value is -0.860. The lowest BCUT2D eigenvalue weighted by molar-refractivity contribution is 0.103. The second kappa shape index (κ2) is 8.45. The molecule has 0 fully saturated rings. The van der Waals surface area contributed by atoms with Crippen molar-refractivity contribution < 1.29 is 10.2 Å². The van der Waals surface area contributed by atoms with Gasteiger partial charge in [0.25, 0.3) is 0 Å². The first kappa shape index (κ1) is 14.1. The van der Waals surface area contributed by atoms with Crippen LogP contribution in [0.5, 0.6) is 0 Å². The maximum Gasteiger partial charge on any atom is 0.0622 e. The van der Waals surface area contributed by atoms with Gasteiger partial charge in [-0.3, -0.25) is 0 Å². The summed E-state index contributed by atoms with van der Waals surface area (Å²) >= 11 is 0. The van der Waals surface area contributed by atoms with Crippen LogP contribution in [-0.4, -0.2) is 22.9 Å². The number of aliphatic hydroxyl groups is 2. The number of hydrogen-bond acceptors (Lipinski definition) is 2. The highest BCUT2D eigenvalue weighted by atomic mass is 16.3. The average molecular weight is 210 g/mol. The van der Waals surface area contributed by atoms with Crippen LogP contribution in [0.3, 0.4) is 0 Å². The van der Waals surface area contributed by atoms with Crippen molar-refractivity contribution in [3.05, 3.63) is 36.0 Å². The summed E-state index contributed by atoms with van der Waals surface area (Å²) in [5.41, 5.74) is 1.12. The van der Waals surface area contributed by atoms with Gasteiger partial charge in [0, 0.05) is 12.5 Å². The van der Waals surface area contributed by atoms with Crippen molar-refractivity contribution in [3.8, 4) is 0 Å². The van der Waals surface area contributed by atoms with Crippen LogP contribution in [0, 0.1) is 5.92 Å². The lowest BCUT2D eigenvalue weighted by atomic mass is 9.99. The fraction of sp³-hybridized carbons (Fsp3) is 0.538. The van der Waals surface area contributed by atoms with Gasteiger partial charge >= 0.3 is 0 Å². The fourth-order valence-corrected chi connectivity index (χ4v) is 1.29. The van der Waals surface area contributed by atoms with Crippen LogP contribution >= 0.6 is 0 Å². The van der Waals surface area contributed by atoms with Gasteiger partial charge in [-0.15, -0.1) is 0 Å². The Kier molecular flexibility index (Phi) is 7.96. The summed E-state index contributed by atoms with van der Waals surface area (Å²) in [5, 5.41) is 18.3. The molecule has 86 valence electrons. The monoisotopic (exact) mass is 210 g/mol. The Bertz CT molecular complexity index is 239. The van der Waals surface area contributed by atoms with Crippen LogP contribution in [0.2, 0.25) is 0 Å². The first-order valence-electron chi connectivity index (χ1n) is 5.38. The minimum absolute atomic E-state index is 0.0345. The number of allylic oxidation sites excluding steroid dienone is 5. The van der Waals surface area contributed by atoms with Gasteiger partial charge in [0.2, 0.25) is 0 Å². The fourth-order valence-electron chi connectivity index (χ4n) is 1.29. The summed E-state index contributed by atoms with van der Waals surface area (Å²) in [5.74, 6) is 0.0763. The number of rotatable bonds is 6. The molecule has 0 amide bonds. The molecule has 2 nitrogen and oxygen atoms in total. The van der Waals surface area contributed by atoms with E-state index < -0.39 is 6.10 Å². The molecule has 2 atom stereocenters. The third-order valence-electron chi connectivity index (χ3n) is 2.22. The second-order valence-electron chi connectivity index (χ2n) is 3.73. The van der Waals surface area contributed by atoms with Crippen molar-refractivity contribution in [1.29, 1.82) is 0 Å². The molecule has 0 aliphatic carbocycles. The van der Waals surface area contributed by atoms with E-state index in [1.165, 1.54) is 0 Å². The van der Waals surface area contributed by atoms with Crippen LogP contribution < -0.4 is 0 Å². The van der Waals surface area contributed by atoms with E-state index in [-0.39, 0.29) is 12.5 Å². The molecule has 2 heteroatoms. The average Bonchev–Trinajstić information content (AvgIpc) is 2.18. The number of aliphatic hydroxyl groups excluding tert-OH is 2. The zero-order valence-corrected chi connectivity index (χ0v) is 9.85.